The van der Waals surface area contributed by atoms with Crippen LogP contribution >= 0.6 is 23.1 Å². The zero-order valence-electron chi connectivity index (χ0n) is 16.6. The first kappa shape index (κ1) is 20.6. The van der Waals surface area contributed by atoms with Gasteiger partial charge < -0.3 is 9.64 Å². The molecule has 1 unspecified atom stereocenters. The first-order chi connectivity index (χ1) is 14.6. The molecule has 0 fully saturated rings. The molecule has 7 heteroatoms. The molecule has 0 saturated carbocycles. The number of carbonyl (C=O) groups excluding carboxylic acids is 2. The molecular weight excluding hydrogens is 416 g/mol. The molecule has 0 radical (unpaired) electrons. The molecule has 0 aliphatic carbocycles. The number of esters is 1. The highest BCUT2D eigenvalue weighted by molar-refractivity contribution is 7.98. The zero-order chi connectivity index (χ0) is 20.9. The highest BCUT2D eigenvalue weighted by Crippen LogP contribution is 2.28. The Morgan fingerprint density at radius 3 is 2.77 bits per heavy atom. The number of benzene rings is 2. The van der Waals surface area contributed by atoms with E-state index < -0.39 is 12.1 Å². The van der Waals surface area contributed by atoms with Gasteiger partial charge >= 0.3 is 5.97 Å². The van der Waals surface area contributed by atoms with E-state index in [1.807, 2.05) is 47.3 Å². The zero-order valence-corrected chi connectivity index (χ0v) is 18.2. The summed E-state index contributed by atoms with van der Waals surface area (Å²) in [5, 5.41) is 2.03. The maximum absolute atomic E-state index is 12.9. The Morgan fingerprint density at radius 1 is 1.20 bits per heavy atom. The summed E-state index contributed by atoms with van der Waals surface area (Å²) in [5.41, 5.74) is 5.37. The van der Waals surface area contributed by atoms with Crippen molar-refractivity contribution < 1.29 is 14.3 Å². The van der Waals surface area contributed by atoms with E-state index >= 15 is 0 Å². The van der Waals surface area contributed by atoms with Gasteiger partial charge in [0.05, 0.1) is 16.8 Å². The molecular formula is C23H22N2O3S2. The average Bonchev–Trinajstić information content (AvgIpc) is 3.31. The van der Waals surface area contributed by atoms with Crippen molar-refractivity contribution in [3.05, 3.63) is 76.2 Å². The van der Waals surface area contributed by atoms with Crippen LogP contribution in [-0.2, 0) is 21.7 Å². The van der Waals surface area contributed by atoms with E-state index in [1.54, 1.807) is 47.1 Å². The lowest BCUT2D eigenvalue weighted by atomic mass is 10.0. The first-order valence-electron chi connectivity index (χ1n) is 9.82. The summed E-state index contributed by atoms with van der Waals surface area (Å²) < 4.78 is 5.48. The van der Waals surface area contributed by atoms with Gasteiger partial charge in [0, 0.05) is 28.3 Å². The molecule has 30 heavy (non-hydrogen) atoms. The fourth-order valence-corrected chi connectivity index (χ4v) is 4.88. The van der Waals surface area contributed by atoms with Crippen LogP contribution < -0.4 is 4.90 Å². The summed E-state index contributed by atoms with van der Waals surface area (Å²) in [6.07, 6.45) is 1.02. The Hall–Kier alpha value is -2.64. The van der Waals surface area contributed by atoms with E-state index in [4.69, 9.17) is 4.74 Å². The SMILES string of the molecule is CC(OC(=O)c1ccc(SCc2cscn2)cc1)C(=O)N1CCCc2ccccc21. The highest BCUT2D eigenvalue weighted by atomic mass is 32.2. The molecule has 5 nitrogen and oxygen atoms in total. The second-order valence-corrected chi connectivity index (χ2v) is 8.83. The van der Waals surface area contributed by atoms with E-state index in [0.717, 1.165) is 40.4 Å². The first-order valence-corrected chi connectivity index (χ1v) is 11.7. The van der Waals surface area contributed by atoms with Crippen molar-refractivity contribution in [2.75, 3.05) is 11.4 Å². The van der Waals surface area contributed by atoms with Gasteiger partial charge in [-0.15, -0.1) is 23.1 Å². The number of para-hydroxylation sites is 1. The third-order valence-electron chi connectivity index (χ3n) is 4.97. The molecule has 0 bridgehead atoms. The number of anilines is 1. The van der Waals surface area contributed by atoms with Gasteiger partial charge in [0.25, 0.3) is 5.91 Å². The summed E-state index contributed by atoms with van der Waals surface area (Å²) in [5.74, 6) is 0.110. The molecule has 0 N–H and O–H groups in total. The second-order valence-electron chi connectivity index (χ2n) is 7.06. The predicted molar refractivity (Wildman–Crippen MR) is 120 cm³/mol. The minimum absolute atomic E-state index is 0.189. The van der Waals surface area contributed by atoms with E-state index in [-0.39, 0.29) is 5.91 Å². The van der Waals surface area contributed by atoms with Crippen molar-refractivity contribution in [1.29, 1.82) is 0 Å². The van der Waals surface area contributed by atoms with Gasteiger partial charge in [-0.1, -0.05) is 18.2 Å². The number of hydrogen-bond donors (Lipinski definition) is 0. The van der Waals surface area contributed by atoms with E-state index in [2.05, 4.69) is 4.98 Å². The van der Waals surface area contributed by atoms with E-state index in [1.165, 1.54) is 0 Å². The molecule has 0 saturated heterocycles. The van der Waals surface area contributed by atoms with Gasteiger partial charge in [-0.2, -0.15) is 0 Å². The van der Waals surface area contributed by atoms with Crippen molar-refractivity contribution >= 4 is 40.7 Å². The number of thioether (sulfide) groups is 1. The molecule has 2 aromatic carbocycles. The maximum Gasteiger partial charge on any atom is 0.338 e. The lowest BCUT2D eigenvalue weighted by Gasteiger charge is -2.31. The number of carbonyl (C=O) groups is 2. The standard InChI is InChI=1S/C23H22N2O3S2/c1-16(22(26)25-12-4-6-17-5-2-3-7-21(17)25)28-23(27)18-8-10-20(11-9-18)30-14-19-13-29-15-24-19/h2-3,5,7-11,13,15-16H,4,6,12,14H2,1H3. The summed E-state index contributed by atoms with van der Waals surface area (Å²) >= 11 is 3.24. The Labute approximate surface area is 184 Å². The molecule has 3 aromatic rings. The number of nitrogens with zero attached hydrogens (tertiary/aromatic N) is 2. The molecule has 1 aromatic heterocycles. The molecule has 2 heterocycles. The van der Waals surface area contributed by atoms with Crippen LogP contribution in [0.5, 0.6) is 0 Å². The monoisotopic (exact) mass is 438 g/mol. The van der Waals surface area contributed by atoms with Gasteiger partial charge in [0.2, 0.25) is 0 Å². The number of aromatic nitrogens is 1. The highest BCUT2D eigenvalue weighted by Gasteiger charge is 2.28. The average molecular weight is 439 g/mol. The number of thiazole rings is 1. The Kier molecular flexibility index (Phi) is 6.50. The van der Waals surface area contributed by atoms with Crippen LogP contribution in [0.25, 0.3) is 0 Å². The molecule has 0 spiro atoms. The van der Waals surface area contributed by atoms with Crippen molar-refractivity contribution in [2.24, 2.45) is 0 Å². The normalized spacial score (nSPS) is 14.1. The summed E-state index contributed by atoms with van der Waals surface area (Å²) in [7, 11) is 0. The third-order valence-corrected chi connectivity index (χ3v) is 6.65. The topological polar surface area (TPSA) is 59.5 Å². The quantitative estimate of drug-likeness (QED) is 0.402. The van der Waals surface area contributed by atoms with Gasteiger partial charge in [-0.25, -0.2) is 9.78 Å². The van der Waals surface area contributed by atoms with Gasteiger partial charge in [-0.05, 0) is 55.7 Å². The molecule has 4 rings (SSSR count). The van der Waals surface area contributed by atoms with Crippen LogP contribution in [0.3, 0.4) is 0 Å². The predicted octanol–water partition coefficient (Wildman–Crippen LogP) is 4.96. The number of rotatable bonds is 6. The number of fused-ring (bicyclic) bond motifs is 1. The van der Waals surface area contributed by atoms with E-state index in [0.29, 0.717) is 12.1 Å². The molecule has 154 valence electrons. The largest absolute Gasteiger partial charge is 0.449 e. The molecule has 1 aliphatic rings. The maximum atomic E-state index is 12.9. The summed E-state index contributed by atoms with van der Waals surface area (Å²) in [6.45, 7) is 2.28. The van der Waals surface area contributed by atoms with Crippen LogP contribution in [0.1, 0.15) is 35.0 Å². The lowest BCUT2D eigenvalue weighted by Crippen LogP contribution is -2.42. The molecule has 1 aliphatic heterocycles. The number of aryl methyl sites for hydroxylation is 1. The Bertz CT molecular complexity index is 1020. The van der Waals surface area contributed by atoms with Crippen LogP contribution in [0.4, 0.5) is 5.69 Å². The summed E-state index contributed by atoms with van der Waals surface area (Å²) in [6, 6.07) is 15.1. The summed E-state index contributed by atoms with van der Waals surface area (Å²) in [4.78, 5) is 32.5. The molecule has 1 amide bonds. The lowest BCUT2D eigenvalue weighted by molar-refractivity contribution is -0.126. The minimum atomic E-state index is -0.845. The smallest absolute Gasteiger partial charge is 0.338 e. The van der Waals surface area contributed by atoms with Crippen LogP contribution in [0, 0.1) is 0 Å². The molecule has 1 atom stereocenters. The number of ether oxygens (including phenoxy) is 1. The van der Waals surface area contributed by atoms with E-state index in [9.17, 15) is 9.59 Å². The van der Waals surface area contributed by atoms with Crippen LogP contribution in [0.2, 0.25) is 0 Å². The van der Waals surface area contributed by atoms with Gasteiger partial charge in [0.1, 0.15) is 0 Å². The van der Waals surface area contributed by atoms with Gasteiger partial charge in [0.15, 0.2) is 6.10 Å². The Morgan fingerprint density at radius 2 is 2.00 bits per heavy atom. The number of amides is 1. The van der Waals surface area contributed by atoms with Crippen molar-refractivity contribution in [2.45, 2.75) is 36.5 Å². The fraction of sp³-hybridized carbons (Fsp3) is 0.261. The van der Waals surface area contributed by atoms with Crippen molar-refractivity contribution in [3.8, 4) is 0 Å². The van der Waals surface area contributed by atoms with Crippen molar-refractivity contribution in [3.63, 3.8) is 0 Å². The second kappa shape index (κ2) is 9.45. The minimum Gasteiger partial charge on any atom is -0.449 e. The fourth-order valence-electron chi connectivity index (χ4n) is 3.41. The van der Waals surface area contributed by atoms with Crippen molar-refractivity contribution in [1.82, 2.24) is 4.98 Å². The Balaban J connectivity index is 1.36. The number of hydrogen-bond acceptors (Lipinski definition) is 6. The van der Waals surface area contributed by atoms with Crippen LogP contribution in [0.15, 0.2) is 64.3 Å². The van der Waals surface area contributed by atoms with Crippen LogP contribution in [-0.4, -0.2) is 29.5 Å². The third kappa shape index (κ3) is 4.74. The van der Waals surface area contributed by atoms with Gasteiger partial charge in [-0.3, -0.25) is 4.79 Å².